The third kappa shape index (κ3) is 2.49. The standard InChI is InChI=1S/C17H20N2/c1-2-19-13-15-10-6-7-11-16(15)18-12-17(19)14-8-4-3-5-9-14/h3-11,17-18H,2,12-13H2,1H3. The predicted octanol–water partition coefficient (Wildman–Crippen LogP) is 3.68. The Morgan fingerprint density at radius 2 is 1.79 bits per heavy atom. The lowest BCUT2D eigenvalue weighted by atomic mass is 10.1. The van der Waals surface area contributed by atoms with E-state index in [-0.39, 0.29) is 0 Å². The summed E-state index contributed by atoms with van der Waals surface area (Å²) >= 11 is 0. The van der Waals surface area contributed by atoms with E-state index in [1.165, 1.54) is 16.8 Å². The molecule has 1 heterocycles. The number of benzene rings is 2. The van der Waals surface area contributed by atoms with Crippen molar-refractivity contribution in [1.82, 2.24) is 4.90 Å². The molecule has 0 aromatic heterocycles. The lowest BCUT2D eigenvalue weighted by Gasteiger charge is -2.28. The molecular formula is C17H20N2. The Labute approximate surface area is 115 Å². The highest BCUT2D eigenvalue weighted by Crippen LogP contribution is 2.29. The second kappa shape index (κ2) is 5.45. The number of fused-ring (bicyclic) bond motifs is 1. The number of hydrogen-bond donors (Lipinski definition) is 1. The van der Waals surface area contributed by atoms with Gasteiger partial charge in [-0.25, -0.2) is 0 Å². The van der Waals surface area contributed by atoms with E-state index in [4.69, 9.17) is 0 Å². The van der Waals surface area contributed by atoms with Crippen LogP contribution >= 0.6 is 0 Å². The van der Waals surface area contributed by atoms with Gasteiger partial charge in [0.25, 0.3) is 0 Å². The first-order chi connectivity index (χ1) is 9.38. The van der Waals surface area contributed by atoms with Crippen LogP contribution in [0.5, 0.6) is 0 Å². The zero-order valence-corrected chi connectivity index (χ0v) is 11.3. The molecule has 2 aromatic carbocycles. The number of nitrogens with zero attached hydrogens (tertiary/aromatic N) is 1. The zero-order chi connectivity index (χ0) is 13.1. The molecule has 1 atom stereocenters. The molecule has 1 aliphatic rings. The Hall–Kier alpha value is -1.80. The summed E-state index contributed by atoms with van der Waals surface area (Å²) in [6.07, 6.45) is 0. The highest BCUT2D eigenvalue weighted by Gasteiger charge is 2.23. The van der Waals surface area contributed by atoms with Crippen LogP contribution < -0.4 is 5.32 Å². The lowest BCUT2D eigenvalue weighted by molar-refractivity contribution is 0.212. The zero-order valence-electron chi connectivity index (χ0n) is 11.3. The lowest BCUT2D eigenvalue weighted by Crippen LogP contribution is -2.30. The summed E-state index contributed by atoms with van der Waals surface area (Å²) in [4.78, 5) is 2.54. The number of likely N-dealkylation sites (N-methyl/N-ethyl adjacent to an activating group) is 1. The van der Waals surface area contributed by atoms with Gasteiger partial charge in [-0.05, 0) is 23.7 Å². The van der Waals surface area contributed by atoms with Gasteiger partial charge in [-0.3, -0.25) is 4.90 Å². The van der Waals surface area contributed by atoms with Crippen LogP contribution in [-0.4, -0.2) is 18.0 Å². The SMILES string of the molecule is CCN1Cc2ccccc2NCC1c1ccccc1. The molecule has 0 saturated heterocycles. The molecule has 0 saturated carbocycles. The summed E-state index contributed by atoms with van der Waals surface area (Å²) in [6, 6.07) is 19.9. The molecule has 3 rings (SSSR count). The van der Waals surface area contributed by atoms with Gasteiger partial charge >= 0.3 is 0 Å². The molecule has 1 unspecified atom stereocenters. The van der Waals surface area contributed by atoms with Crippen LogP contribution in [0.1, 0.15) is 24.1 Å². The number of para-hydroxylation sites is 1. The summed E-state index contributed by atoms with van der Waals surface area (Å²) in [5.74, 6) is 0. The minimum atomic E-state index is 0.443. The fourth-order valence-corrected chi connectivity index (χ4v) is 2.83. The van der Waals surface area contributed by atoms with Crippen LogP contribution in [-0.2, 0) is 6.54 Å². The molecule has 1 N–H and O–H groups in total. The molecule has 0 fully saturated rings. The van der Waals surface area contributed by atoms with E-state index in [0.717, 1.165) is 19.6 Å². The molecule has 0 spiro atoms. The molecule has 1 aliphatic heterocycles. The van der Waals surface area contributed by atoms with Crippen molar-refractivity contribution in [2.75, 3.05) is 18.4 Å². The van der Waals surface area contributed by atoms with Crippen molar-refractivity contribution in [3.05, 3.63) is 65.7 Å². The first-order valence-corrected chi connectivity index (χ1v) is 6.99. The van der Waals surface area contributed by atoms with Crippen molar-refractivity contribution in [2.45, 2.75) is 19.5 Å². The molecule has 2 heteroatoms. The Kier molecular flexibility index (Phi) is 3.51. The van der Waals surface area contributed by atoms with Gasteiger partial charge in [-0.2, -0.15) is 0 Å². The fraction of sp³-hybridized carbons (Fsp3) is 0.294. The molecule has 0 radical (unpaired) electrons. The van der Waals surface area contributed by atoms with Gasteiger partial charge in [0.1, 0.15) is 0 Å². The van der Waals surface area contributed by atoms with E-state index in [2.05, 4.69) is 71.7 Å². The van der Waals surface area contributed by atoms with Gasteiger partial charge in [-0.15, -0.1) is 0 Å². The number of nitrogens with one attached hydrogen (secondary N) is 1. The third-order valence-electron chi connectivity index (χ3n) is 3.91. The summed E-state index contributed by atoms with van der Waals surface area (Å²) in [5, 5.41) is 3.60. The molecule has 2 nitrogen and oxygen atoms in total. The van der Waals surface area contributed by atoms with Crippen molar-refractivity contribution in [1.29, 1.82) is 0 Å². The van der Waals surface area contributed by atoms with Crippen molar-refractivity contribution in [3.63, 3.8) is 0 Å². The average Bonchev–Trinajstić information content (AvgIpc) is 2.67. The molecular weight excluding hydrogens is 232 g/mol. The van der Waals surface area contributed by atoms with Crippen LogP contribution in [0.4, 0.5) is 5.69 Å². The van der Waals surface area contributed by atoms with E-state index in [1.807, 2.05) is 0 Å². The molecule has 2 aromatic rings. The summed E-state index contributed by atoms with van der Waals surface area (Å²) in [7, 11) is 0. The van der Waals surface area contributed by atoms with Crippen LogP contribution in [0.3, 0.4) is 0 Å². The maximum absolute atomic E-state index is 3.60. The topological polar surface area (TPSA) is 15.3 Å². The smallest absolute Gasteiger partial charge is 0.0524 e. The highest BCUT2D eigenvalue weighted by molar-refractivity contribution is 5.52. The fourth-order valence-electron chi connectivity index (χ4n) is 2.83. The van der Waals surface area contributed by atoms with Gasteiger partial charge in [0.2, 0.25) is 0 Å². The summed E-state index contributed by atoms with van der Waals surface area (Å²) < 4.78 is 0. The minimum Gasteiger partial charge on any atom is -0.383 e. The van der Waals surface area contributed by atoms with E-state index < -0.39 is 0 Å². The second-order valence-corrected chi connectivity index (χ2v) is 5.03. The van der Waals surface area contributed by atoms with Crippen molar-refractivity contribution < 1.29 is 0 Å². The maximum Gasteiger partial charge on any atom is 0.0524 e. The van der Waals surface area contributed by atoms with Crippen LogP contribution in [0.2, 0.25) is 0 Å². The van der Waals surface area contributed by atoms with E-state index in [1.54, 1.807) is 0 Å². The van der Waals surface area contributed by atoms with E-state index >= 15 is 0 Å². The largest absolute Gasteiger partial charge is 0.383 e. The van der Waals surface area contributed by atoms with Gasteiger partial charge < -0.3 is 5.32 Å². The van der Waals surface area contributed by atoms with Crippen LogP contribution in [0, 0.1) is 0 Å². The van der Waals surface area contributed by atoms with Crippen LogP contribution in [0.15, 0.2) is 54.6 Å². The Morgan fingerprint density at radius 3 is 2.58 bits per heavy atom. The Morgan fingerprint density at radius 1 is 1.05 bits per heavy atom. The van der Waals surface area contributed by atoms with Crippen molar-refractivity contribution in [2.24, 2.45) is 0 Å². The van der Waals surface area contributed by atoms with Crippen molar-refractivity contribution >= 4 is 5.69 Å². The summed E-state index contributed by atoms with van der Waals surface area (Å²) in [5.41, 5.74) is 4.06. The Balaban J connectivity index is 1.92. The monoisotopic (exact) mass is 252 g/mol. The number of rotatable bonds is 2. The first-order valence-electron chi connectivity index (χ1n) is 6.99. The van der Waals surface area contributed by atoms with E-state index in [0.29, 0.717) is 6.04 Å². The predicted molar refractivity (Wildman–Crippen MR) is 80.2 cm³/mol. The van der Waals surface area contributed by atoms with E-state index in [9.17, 15) is 0 Å². The summed E-state index contributed by atoms with van der Waals surface area (Å²) in [6.45, 7) is 5.29. The number of hydrogen-bond acceptors (Lipinski definition) is 2. The normalized spacial score (nSPS) is 19.3. The van der Waals surface area contributed by atoms with Gasteiger partial charge in [0.15, 0.2) is 0 Å². The highest BCUT2D eigenvalue weighted by atomic mass is 15.2. The third-order valence-corrected chi connectivity index (χ3v) is 3.91. The molecule has 0 aliphatic carbocycles. The molecule has 0 bridgehead atoms. The average molecular weight is 252 g/mol. The molecule has 0 amide bonds. The number of anilines is 1. The Bertz CT molecular complexity index is 536. The first kappa shape index (κ1) is 12.2. The quantitative estimate of drug-likeness (QED) is 0.877. The van der Waals surface area contributed by atoms with Gasteiger partial charge in [0.05, 0.1) is 6.04 Å². The van der Waals surface area contributed by atoms with Gasteiger partial charge in [-0.1, -0.05) is 55.5 Å². The maximum atomic E-state index is 3.60. The minimum absolute atomic E-state index is 0.443. The molecule has 19 heavy (non-hydrogen) atoms. The second-order valence-electron chi connectivity index (χ2n) is 5.03. The molecule has 98 valence electrons. The van der Waals surface area contributed by atoms with Crippen LogP contribution in [0.25, 0.3) is 0 Å². The van der Waals surface area contributed by atoms with Gasteiger partial charge in [0, 0.05) is 18.8 Å². The van der Waals surface area contributed by atoms with Crippen molar-refractivity contribution in [3.8, 4) is 0 Å².